The van der Waals surface area contributed by atoms with Crippen LogP contribution in [0.2, 0.25) is 0 Å². The monoisotopic (exact) mass is 518 g/mol. The molecule has 0 unspecified atom stereocenters. The molecule has 0 spiro atoms. The van der Waals surface area contributed by atoms with Crippen LogP contribution in [0.1, 0.15) is 18.4 Å². The predicted molar refractivity (Wildman–Crippen MR) is 136 cm³/mol. The van der Waals surface area contributed by atoms with Gasteiger partial charge in [-0.25, -0.2) is 8.42 Å². The molecule has 4 rings (SSSR count). The highest BCUT2D eigenvalue weighted by atomic mass is 32.2. The minimum absolute atomic E-state index is 0.248. The largest absolute Gasteiger partial charge is 0.748 e. The van der Waals surface area contributed by atoms with Crippen molar-refractivity contribution >= 4 is 55.2 Å². The Labute approximate surface area is 208 Å². The number of hydrogen-bond acceptors (Lipinski definition) is 8. The van der Waals surface area contributed by atoms with Crippen molar-refractivity contribution in [3.05, 3.63) is 64.3 Å². The van der Waals surface area contributed by atoms with Crippen molar-refractivity contribution in [2.45, 2.75) is 24.8 Å². The molecule has 0 fully saturated rings. The van der Waals surface area contributed by atoms with Crippen LogP contribution in [0.4, 0.5) is 5.69 Å². The topological polar surface area (TPSA) is 82.8 Å². The second-order valence-corrected chi connectivity index (χ2v) is 11.2. The second kappa shape index (κ2) is 10.4. The molecule has 2 aromatic carbocycles. The lowest BCUT2D eigenvalue weighted by Crippen LogP contribution is -2.36. The first-order valence-electron chi connectivity index (χ1n) is 10.8. The molecular formula is C24H26N2O5S3. The zero-order valence-electron chi connectivity index (χ0n) is 19.2. The van der Waals surface area contributed by atoms with Crippen molar-refractivity contribution in [2.24, 2.45) is 0 Å². The summed E-state index contributed by atoms with van der Waals surface area (Å²) in [4.78, 5) is 3.37. The number of hydrogen-bond donors (Lipinski definition) is 0. The summed E-state index contributed by atoms with van der Waals surface area (Å²) in [5, 5.41) is 1.97. The quantitative estimate of drug-likeness (QED) is 0.233. The van der Waals surface area contributed by atoms with Crippen LogP contribution in [0, 0.1) is 0 Å². The van der Waals surface area contributed by atoms with Crippen LogP contribution < -0.4 is 14.2 Å². The van der Waals surface area contributed by atoms with Crippen LogP contribution in [-0.2, 0) is 21.4 Å². The van der Waals surface area contributed by atoms with Crippen molar-refractivity contribution in [3.8, 4) is 5.75 Å². The molecular weight excluding hydrogens is 492 g/mol. The maximum atomic E-state index is 11.1. The molecule has 1 aromatic heterocycles. The highest BCUT2D eigenvalue weighted by molar-refractivity contribution is 8.03. The van der Waals surface area contributed by atoms with Gasteiger partial charge in [0.15, 0.2) is 6.54 Å². The van der Waals surface area contributed by atoms with Crippen LogP contribution in [0.3, 0.4) is 0 Å². The number of ether oxygens (including phenoxy) is 2. The maximum Gasteiger partial charge on any atom is 0.266 e. The normalized spacial score (nSPS) is 15.2. The number of rotatable bonds is 9. The number of thioether (sulfide) groups is 1. The van der Waals surface area contributed by atoms with Gasteiger partial charge < -0.3 is 18.9 Å². The number of aryl methyl sites for hydroxylation is 1. The van der Waals surface area contributed by atoms with Gasteiger partial charge in [0.1, 0.15) is 16.2 Å². The Balaban J connectivity index is 1.69. The Morgan fingerprint density at radius 2 is 2.00 bits per heavy atom. The van der Waals surface area contributed by atoms with Crippen molar-refractivity contribution in [1.29, 1.82) is 0 Å². The molecule has 180 valence electrons. The van der Waals surface area contributed by atoms with Crippen molar-refractivity contribution in [3.63, 3.8) is 0 Å². The summed E-state index contributed by atoms with van der Waals surface area (Å²) in [6.07, 6.45) is 4.22. The molecule has 0 saturated carbocycles. The van der Waals surface area contributed by atoms with Gasteiger partial charge >= 0.3 is 0 Å². The Morgan fingerprint density at radius 3 is 2.71 bits per heavy atom. The van der Waals surface area contributed by atoms with Gasteiger partial charge in [-0.05, 0) is 25.1 Å². The van der Waals surface area contributed by atoms with E-state index in [-0.39, 0.29) is 6.42 Å². The molecule has 2 heterocycles. The smallest absolute Gasteiger partial charge is 0.266 e. The van der Waals surface area contributed by atoms with Gasteiger partial charge in [0.25, 0.3) is 5.01 Å². The van der Waals surface area contributed by atoms with Crippen molar-refractivity contribution in [2.75, 3.05) is 31.4 Å². The van der Waals surface area contributed by atoms with E-state index in [1.54, 1.807) is 37.3 Å². The minimum atomic E-state index is -4.25. The number of aromatic nitrogens is 1. The van der Waals surface area contributed by atoms with Crippen molar-refractivity contribution in [1.82, 2.24) is 0 Å². The van der Waals surface area contributed by atoms with E-state index in [2.05, 4.69) is 17.9 Å². The minimum Gasteiger partial charge on any atom is -0.748 e. The van der Waals surface area contributed by atoms with Crippen LogP contribution in [0.15, 0.2) is 64.2 Å². The predicted octanol–water partition coefficient (Wildman–Crippen LogP) is 4.59. The molecule has 0 aliphatic carbocycles. The van der Waals surface area contributed by atoms with Gasteiger partial charge in [-0.1, -0.05) is 35.2 Å². The number of anilines is 1. The maximum absolute atomic E-state index is 11.1. The fraction of sp³-hybridized carbons (Fsp3) is 0.292. The summed E-state index contributed by atoms with van der Waals surface area (Å²) < 4.78 is 47.5. The first-order chi connectivity index (χ1) is 16.3. The molecule has 1 aliphatic rings. The van der Waals surface area contributed by atoms with Gasteiger partial charge in [0, 0.05) is 41.8 Å². The zero-order valence-corrected chi connectivity index (χ0v) is 21.6. The highest BCUT2D eigenvalue weighted by Gasteiger charge is 2.25. The van der Waals surface area contributed by atoms with Crippen LogP contribution in [0.5, 0.6) is 5.75 Å². The molecule has 3 aromatic rings. The molecule has 0 amide bonds. The van der Waals surface area contributed by atoms with Gasteiger partial charge in [-0.3, -0.25) is 0 Å². The van der Waals surface area contributed by atoms with E-state index >= 15 is 0 Å². The summed E-state index contributed by atoms with van der Waals surface area (Å²) in [6.45, 7) is 3.32. The number of benzene rings is 2. The van der Waals surface area contributed by atoms with Gasteiger partial charge in [-0.15, -0.1) is 0 Å². The lowest BCUT2D eigenvalue weighted by molar-refractivity contribution is -0.668. The third-order valence-corrected chi connectivity index (χ3v) is 8.45. The first kappa shape index (κ1) is 24.6. The van der Waals surface area contributed by atoms with Crippen LogP contribution in [-0.4, -0.2) is 39.5 Å². The lowest BCUT2D eigenvalue weighted by atomic mass is 10.2. The summed E-state index contributed by atoms with van der Waals surface area (Å²) in [5.74, 6) is 1.10. The van der Waals surface area contributed by atoms with E-state index in [0.717, 1.165) is 43.1 Å². The van der Waals surface area contributed by atoms with Gasteiger partial charge in [-0.2, -0.15) is 4.57 Å². The van der Waals surface area contributed by atoms with Crippen LogP contribution in [0.25, 0.3) is 16.3 Å². The standard InChI is InChI=1S/C24H26N2O5S3/c1-4-25-20-14-17(30-2)10-11-22(20)33-23(25)15-18(31-3)16-24-26(12-7-13-34(27,28)29)19-8-5-6-9-21(19)32-24/h5-6,8-11,14-16H,4,7,12-13H2,1-3H3. The molecule has 1 aliphatic heterocycles. The fourth-order valence-corrected chi connectivity index (χ4v) is 6.59. The van der Waals surface area contributed by atoms with Gasteiger partial charge in [0.2, 0.25) is 5.52 Å². The van der Waals surface area contributed by atoms with Crippen LogP contribution >= 0.6 is 23.1 Å². The number of allylic oxidation sites excluding steroid dienone is 1. The number of fused-ring (bicyclic) bond motifs is 2. The zero-order chi connectivity index (χ0) is 24.3. The average Bonchev–Trinajstić information content (AvgIpc) is 3.34. The number of para-hydroxylation sites is 1. The molecule has 10 heteroatoms. The fourth-order valence-electron chi connectivity index (χ4n) is 3.83. The molecule has 0 saturated heterocycles. The summed E-state index contributed by atoms with van der Waals surface area (Å²) in [7, 11) is -0.956. The summed E-state index contributed by atoms with van der Waals surface area (Å²) >= 11 is 3.27. The highest BCUT2D eigenvalue weighted by Crippen LogP contribution is 2.47. The molecule has 7 nitrogen and oxygen atoms in total. The molecule has 0 N–H and O–H groups in total. The molecule has 0 atom stereocenters. The van der Waals surface area contributed by atoms with E-state index in [0.29, 0.717) is 12.3 Å². The SMILES string of the molecule is CCN1/C(=C/C(=C/c2sc3ccccc3[n+]2CCCS(=O)(=O)[O-])OC)Sc2ccc(OC)cc21. The van der Waals surface area contributed by atoms with Crippen molar-refractivity contribution < 1.29 is 27.0 Å². The Kier molecular flexibility index (Phi) is 7.51. The van der Waals surface area contributed by atoms with E-state index < -0.39 is 15.9 Å². The van der Waals surface area contributed by atoms with E-state index in [1.165, 1.54) is 0 Å². The lowest BCUT2D eigenvalue weighted by Gasteiger charge is -2.18. The molecule has 0 bridgehead atoms. The average molecular weight is 519 g/mol. The second-order valence-electron chi connectivity index (χ2n) is 7.59. The Bertz CT molecular complexity index is 1360. The number of nitrogens with zero attached hydrogens (tertiary/aromatic N) is 2. The van der Waals surface area contributed by atoms with E-state index in [1.807, 2.05) is 53.1 Å². The Morgan fingerprint density at radius 1 is 1.21 bits per heavy atom. The number of thiazole rings is 1. The summed E-state index contributed by atoms with van der Waals surface area (Å²) in [6, 6.07) is 14.0. The number of methoxy groups -OCH3 is 2. The van der Waals surface area contributed by atoms with Gasteiger partial charge in [0.05, 0.1) is 41.1 Å². The Hall–Kier alpha value is -2.53. The summed E-state index contributed by atoms with van der Waals surface area (Å²) in [5.41, 5.74) is 2.10. The third-order valence-electron chi connectivity index (χ3n) is 5.43. The molecule has 34 heavy (non-hydrogen) atoms. The first-order valence-corrected chi connectivity index (χ1v) is 14.0. The van der Waals surface area contributed by atoms with E-state index in [4.69, 9.17) is 9.47 Å². The third kappa shape index (κ3) is 5.41. The molecule has 0 radical (unpaired) electrons. The van der Waals surface area contributed by atoms with E-state index in [9.17, 15) is 13.0 Å².